The van der Waals surface area contributed by atoms with E-state index in [-0.39, 0.29) is 9.79 Å². The Balaban J connectivity index is 2.39. The quantitative estimate of drug-likeness (QED) is 0.653. The molecule has 160 valence electrons. The van der Waals surface area contributed by atoms with Gasteiger partial charge in [0.1, 0.15) is 0 Å². The Morgan fingerprint density at radius 3 is 2.00 bits per heavy atom. The molecule has 0 fully saturated rings. The van der Waals surface area contributed by atoms with Crippen LogP contribution in [0.3, 0.4) is 0 Å². The average Bonchev–Trinajstić information content (AvgIpc) is 2.60. The highest BCUT2D eigenvalue weighted by Gasteiger charge is 2.22. The number of nitrogens with zero attached hydrogens (tertiary/aromatic N) is 2. The third-order valence-corrected chi connectivity index (χ3v) is 7.68. The molecule has 0 aliphatic carbocycles. The lowest BCUT2D eigenvalue weighted by Gasteiger charge is -2.25. The van der Waals surface area contributed by atoms with E-state index in [0.717, 1.165) is 4.31 Å². The molecular formula is C19H26ClN3O4S2. The normalized spacial score (nSPS) is 12.4. The van der Waals surface area contributed by atoms with Crippen molar-refractivity contribution in [2.24, 2.45) is 5.92 Å². The van der Waals surface area contributed by atoms with Crippen molar-refractivity contribution in [3.8, 4) is 0 Å². The van der Waals surface area contributed by atoms with Gasteiger partial charge in [-0.3, -0.25) is 4.72 Å². The summed E-state index contributed by atoms with van der Waals surface area (Å²) in [5.41, 5.74) is 0.934. The average molecular weight is 460 g/mol. The molecule has 0 saturated heterocycles. The standard InChI is InChI=1S/C19H26ClN3O4S2/c1-14(2)13-23(5)19-17(20)7-6-8-18(19)21-28(24,25)15-9-11-16(12-10-15)29(26,27)22(3)4/h6-12,14,21H,13H2,1-5H3. The first-order valence-corrected chi connectivity index (χ1v) is 12.2. The lowest BCUT2D eigenvalue weighted by molar-refractivity contribution is 0.520. The number of anilines is 2. The highest BCUT2D eigenvalue weighted by molar-refractivity contribution is 7.92. The highest BCUT2D eigenvalue weighted by atomic mass is 35.5. The molecule has 0 heterocycles. The Morgan fingerprint density at radius 2 is 1.48 bits per heavy atom. The predicted octanol–water partition coefficient (Wildman–Crippen LogP) is 3.48. The molecule has 0 bridgehead atoms. The van der Waals surface area contributed by atoms with Gasteiger partial charge in [0, 0.05) is 27.7 Å². The molecule has 0 saturated carbocycles. The first-order chi connectivity index (χ1) is 13.4. The topological polar surface area (TPSA) is 86.8 Å². The number of hydrogen-bond donors (Lipinski definition) is 1. The van der Waals surface area contributed by atoms with Gasteiger partial charge in [0.05, 0.1) is 26.2 Å². The smallest absolute Gasteiger partial charge is 0.261 e. The molecule has 1 N–H and O–H groups in total. The SMILES string of the molecule is CC(C)CN(C)c1c(Cl)cccc1NS(=O)(=O)c1ccc(S(=O)(=O)N(C)C)cc1. The van der Waals surface area contributed by atoms with Gasteiger partial charge in [0.2, 0.25) is 10.0 Å². The van der Waals surface area contributed by atoms with Gasteiger partial charge in [-0.15, -0.1) is 0 Å². The van der Waals surface area contributed by atoms with Crippen LogP contribution in [0.2, 0.25) is 5.02 Å². The third kappa shape index (κ3) is 5.42. The second-order valence-electron chi connectivity index (χ2n) is 7.27. The number of benzene rings is 2. The van der Waals surface area contributed by atoms with E-state index >= 15 is 0 Å². The van der Waals surface area contributed by atoms with Crippen molar-refractivity contribution in [3.05, 3.63) is 47.5 Å². The summed E-state index contributed by atoms with van der Waals surface area (Å²) >= 11 is 6.34. The second kappa shape index (κ2) is 8.91. The van der Waals surface area contributed by atoms with E-state index in [1.54, 1.807) is 18.2 Å². The minimum absolute atomic E-state index is 0.0153. The van der Waals surface area contributed by atoms with Gasteiger partial charge >= 0.3 is 0 Å². The summed E-state index contributed by atoms with van der Waals surface area (Å²) in [6.45, 7) is 4.80. The lowest BCUT2D eigenvalue weighted by atomic mass is 10.2. The van der Waals surface area contributed by atoms with Gasteiger partial charge in [-0.05, 0) is 42.3 Å². The van der Waals surface area contributed by atoms with E-state index in [9.17, 15) is 16.8 Å². The summed E-state index contributed by atoms with van der Waals surface area (Å²) in [5, 5.41) is 0.431. The monoisotopic (exact) mass is 459 g/mol. The van der Waals surface area contributed by atoms with Crippen LogP contribution in [0.25, 0.3) is 0 Å². The van der Waals surface area contributed by atoms with Crippen LogP contribution >= 0.6 is 11.6 Å². The minimum atomic E-state index is -3.94. The van der Waals surface area contributed by atoms with E-state index < -0.39 is 20.0 Å². The molecular weight excluding hydrogens is 434 g/mol. The molecule has 2 aromatic rings. The van der Waals surface area contributed by atoms with Crippen molar-refractivity contribution in [2.75, 3.05) is 37.3 Å². The molecule has 0 amide bonds. The van der Waals surface area contributed by atoms with Crippen LogP contribution in [0.5, 0.6) is 0 Å². The van der Waals surface area contributed by atoms with E-state index in [1.165, 1.54) is 38.4 Å². The van der Waals surface area contributed by atoms with Crippen LogP contribution < -0.4 is 9.62 Å². The van der Waals surface area contributed by atoms with Crippen LogP contribution in [-0.4, -0.2) is 48.8 Å². The second-order valence-corrected chi connectivity index (χ2v) is 11.5. The molecule has 2 rings (SSSR count). The van der Waals surface area contributed by atoms with Crippen LogP contribution in [0.1, 0.15) is 13.8 Å². The lowest BCUT2D eigenvalue weighted by Crippen LogP contribution is -2.25. The summed E-state index contributed by atoms with van der Waals surface area (Å²) < 4.78 is 53.7. The van der Waals surface area contributed by atoms with E-state index in [1.807, 2.05) is 11.9 Å². The van der Waals surface area contributed by atoms with Gasteiger partial charge < -0.3 is 4.90 Å². The van der Waals surface area contributed by atoms with Gasteiger partial charge in [-0.2, -0.15) is 0 Å². The Bertz CT molecular complexity index is 1070. The molecule has 0 unspecified atom stereocenters. The van der Waals surface area contributed by atoms with E-state index in [2.05, 4.69) is 18.6 Å². The molecule has 0 aromatic heterocycles. The Hall–Kier alpha value is -1.81. The first kappa shape index (κ1) is 23.5. The van der Waals surface area contributed by atoms with Crippen LogP contribution in [-0.2, 0) is 20.0 Å². The Morgan fingerprint density at radius 1 is 0.931 bits per heavy atom. The largest absolute Gasteiger partial charge is 0.371 e. The number of sulfonamides is 2. The molecule has 0 atom stereocenters. The fourth-order valence-corrected chi connectivity index (χ4v) is 5.12. The summed E-state index contributed by atoms with van der Waals surface area (Å²) in [6.07, 6.45) is 0. The molecule has 0 aliphatic rings. The number of hydrogen-bond acceptors (Lipinski definition) is 5. The molecule has 29 heavy (non-hydrogen) atoms. The minimum Gasteiger partial charge on any atom is -0.371 e. The maximum absolute atomic E-state index is 12.9. The van der Waals surface area contributed by atoms with Gasteiger partial charge in [0.25, 0.3) is 10.0 Å². The Labute approximate surface area is 178 Å². The number of para-hydroxylation sites is 1. The van der Waals surface area contributed by atoms with Crippen molar-refractivity contribution >= 4 is 43.0 Å². The number of nitrogens with one attached hydrogen (secondary N) is 1. The zero-order valence-corrected chi connectivity index (χ0v) is 19.4. The summed E-state index contributed by atoms with van der Waals surface area (Å²) in [4.78, 5) is 1.87. The van der Waals surface area contributed by atoms with Crippen molar-refractivity contribution < 1.29 is 16.8 Å². The van der Waals surface area contributed by atoms with Crippen LogP contribution in [0, 0.1) is 5.92 Å². The maximum Gasteiger partial charge on any atom is 0.261 e. The van der Waals surface area contributed by atoms with Gasteiger partial charge in [-0.25, -0.2) is 21.1 Å². The van der Waals surface area contributed by atoms with Crippen molar-refractivity contribution in [1.29, 1.82) is 0 Å². The van der Waals surface area contributed by atoms with Gasteiger partial charge in [-0.1, -0.05) is 31.5 Å². The zero-order valence-electron chi connectivity index (χ0n) is 17.0. The first-order valence-electron chi connectivity index (χ1n) is 8.91. The third-order valence-electron chi connectivity index (χ3n) is 4.16. The molecule has 10 heteroatoms. The summed E-state index contributed by atoms with van der Waals surface area (Å²) in [5.74, 6) is 0.354. The van der Waals surface area contributed by atoms with Crippen molar-refractivity contribution in [2.45, 2.75) is 23.6 Å². The van der Waals surface area contributed by atoms with E-state index in [4.69, 9.17) is 11.6 Å². The van der Waals surface area contributed by atoms with Crippen LogP contribution in [0.4, 0.5) is 11.4 Å². The van der Waals surface area contributed by atoms with Crippen LogP contribution in [0.15, 0.2) is 52.3 Å². The van der Waals surface area contributed by atoms with Gasteiger partial charge in [0.15, 0.2) is 0 Å². The molecule has 7 nitrogen and oxygen atoms in total. The van der Waals surface area contributed by atoms with Crippen molar-refractivity contribution in [1.82, 2.24) is 4.31 Å². The molecule has 2 aromatic carbocycles. The zero-order chi connectivity index (χ0) is 22.0. The molecule has 0 radical (unpaired) electrons. The summed E-state index contributed by atoms with van der Waals surface area (Å²) in [7, 11) is -2.91. The number of rotatable bonds is 8. The highest BCUT2D eigenvalue weighted by Crippen LogP contribution is 2.35. The fraction of sp³-hybridized carbons (Fsp3) is 0.368. The fourth-order valence-electron chi connectivity index (χ4n) is 2.83. The maximum atomic E-state index is 12.9. The number of halogens is 1. The van der Waals surface area contributed by atoms with E-state index in [0.29, 0.717) is 28.9 Å². The predicted molar refractivity (Wildman–Crippen MR) is 118 cm³/mol. The van der Waals surface area contributed by atoms with Crippen molar-refractivity contribution in [3.63, 3.8) is 0 Å². The summed E-state index contributed by atoms with van der Waals surface area (Å²) in [6, 6.07) is 10.1. The molecule has 0 aliphatic heterocycles. The Kier molecular flexibility index (Phi) is 7.21. The molecule has 0 spiro atoms.